The predicted octanol–water partition coefficient (Wildman–Crippen LogP) is 0.239. The number of nitrogen functional groups attached to an aromatic ring is 1. The van der Waals surface area contributed by atoms with Crippen LogP contribution in [0.4, 0.5) is 11.6 Å². The highest BCUT2D eigenvalue weighted by atomic mass is 16.2. The molecule has 0 saturated carbocycles. The van der Waals surface area contributed by atoms with Crippen molar-refractivity contribution in [3.05, 3.63) is 11.9 Å². The Kier molecular flexibility index (Phi) is 5.50. The average Bonchev–Trinajstić information content (AvgIpc) is 2.38. The van der Waals surface area contributed by atoms with Crippen LogP contribution in [0.25, 0.3) is 0 Å². The van der Waals surface area contributed by atoms with Gasteiger partial charge in [0.15, 0.2) is 0 Å². The second-order valence-electron chi connectivity index (χ2n) is 4.57. The summed E-state index contributed by atoms with van der Waals surface area (Å²) in [4.78, 5) is 23.7. The van der Waals surface area contributed by atoms with Gasteiger partial charge in [-0.3, -0.25) is 4.79 Å². The maximum absolute atomic E-state index is 11.7. The monoisotopic (exact) mass is 266 g/mol. The molecule has 7 heteroatoms. The number of likely N-dealkylation sites (N-methyl/N-ethyl adjacent to an activating group) is 2. The summed E-state index contributed by atoms with van der Waals surface area (Å²) in [5, 5.41) is 0. The van der Waals surface area contributed by atoms with Crippen molar-refractivity contribution in [2.24, 2.45) is 5.84 Å². The summed E-state index contributed by atoms with van der Waals surface area (Å²) in [6, 6.07) is 1.72. The van der Waals surface area contributed by atoms with Gasteiger partial charge in [0.25, 0.3) is 0 Å². The van der Waals surface area contributed by atoms with Crippen LogP contribution in [0.2, 0.25) is 0 Å². The number of nitrogens with two attached hydrogens (primary N) is 1. The fraction of sp³-hybridized carbons (Fsp3) is 0.583. The van der Waals surface area contributed by atoms with Crippen LogP contribution in [0.1, 0.15) is 19.2 Å². The number of nitrogens with zero attached hydrogens (tertiary/aromatic N) is 4. The molecule has 7 nitrogen and oxygen atoms in total. The van der Waals surface area contributed by atoms with Gasteiger partial charge in [-0.1, -0.05) is 6.92 Å². The summed E-state index contributed by atoms with van der Waals surface area (Å²) in [6.07, 6.45) is 1.73. The van der Waals surface area contributed by atoms with Gasteiger partial charge in [-0.25, -0.2) is 15.8 Å². The van der Waals surface area contributed by atoms with Crippen molar-refractivity contribution < 1.29 is 4.79 Å². The number of hydrogen-bond donors (Lipinski definition) is 2. The molecule has 0 aliphatic carbocycles. The van der Waals surface area contributed by atoms with Crippen LogP contribution >= 0.6 is 0 Å². The maximum Gasteiger partial charge on any atom is 0.241 e. The number of aromatic nitrogens is 2. The van der Waals surface area contributed by atoms with Crippen LogP contribution in [0, 0.1) is 0 Å². The maximum atomic E-state index is 11.7. The molecule has 0 radical (unpaired) electrons. The van der Waals surface area contributed by atoms with Crippen LogP contribution < -0.4 is 16.2 Å². The molecule has 1 rings (SSSR count). The van der Waals surface area contributed by atoms with E-state index in [4.69, 9.17) is 5.84 Å². The molecule has 0 aliphatic heterocycles. The van der Waals surface area contributed by atoms with Crippen LogP contribution in [0.5, 0.6) is 0 Å². The Balaban J connectivity index is 2.91. The predicted molar refractivity (Wildman–Crippen MR) is 75.8 cm³/mol. The lowest BCUT2D eigenvalue weighted by atomic mass is 10.3. The molecule has 1 aromatic rings. The van der Waals surface area contributed by atoms with Gasteiger partial charge in [-0.05, 0) is 6.42 Å². The standard InChI is InChI=1S/C12H22N6O/c1-5-6-9-14-10(16-13)7-11(15-9)18(4)8-12(19)17(2)3/h7H,5-6,8,13H2,1-4H3,(H,14,15,16). The third-order valence-electron chi connectivity index (χ3n) is 2.64. The van der Waals surface area contributed by atoms with Gasteiger partial charge < -0.3 is 15.2 Å². The highest BCUT2D eigenvalue weighted by molar-refractivity contribution is 5.80. The third-order valence-corrected chi connectivity index (χ3v) is 2.64. The summed E-state index contributed by atoms with van der Waals surface area (Å²) in [5.41, 5.74) is 2.52. The van der Waals surface area contributed by atoms with E-state index in [1.807, 2.05) is 7.05 Å². The lowest BCUT2D eigenvalue weighted by molar-refractivity contribution is -0.127. The van der Waals surface area contributed by atoms with Gasteiger partial charge >= 0.3 is 0 Å². The van der Waals surface area contributed by atoms with Crippen LogP contribution in [-0.2, 0) is 11.2 Å². The molecule has 0 unspecified atom stereocenters. The first-order chi connectivity index (χ1) is 8.97. The Labute approximate surface area is 113 Å². The Morgan fingerprint density at radius 1 is 1.37 bits per heavy atom. The number of aryl methyl sites for hydroxylation is 1. The average molecular weight is 266 g/mol. The molecular formula is C12H22N6O. The number of carbonyl (C=O) groups excluding carboxylic acids is 1. The number of nitrogens with one attached hydrogen (secondary N) is 1. The van der Waals surface area contributed by atoms with E-state index in [1.165, 1.54) is 0 Å². The number of anilines is 2. The topological polar surface area (TPSA) is 87.4 Å². The molecule has 0 fully saturated rings. The largest absolute Gasteiger partial charge is 0.350 e. The van der Waals surface area contributed by atoms with Crippen LogP contribution in [-0.4, -0.2) is 48.5 Å². The molecule has 0 aromatic carbocycles. The Bertz CT molecular complexity index is 434. The fourth-order valence-electron chi connectivity index (χ4n) is 1.51. The zero-order valence-corrected chi connectivity index (χ0v) is 12.0. The first-order valence-electron chi connectivity index (χ1n) is 6.23. The van der Waals surface area contributed by atoms with Gasteiger partial charge in [-0.2, -0.15) is 0 Å². The third kappa shape index (κ3) is 4.36. The molecule has 0 bridgehead atoms. The molecule has 19 heavy (non-hydrogen) atoms. The van der Waals surface area contributed by atoms with Crippen molar-refractivity contribution in [1.29, 1.82) is 0 Å². The SMILES string of the molecule is CCCc1nc(NN)cc(N(C)CC(=O)N(C)C)n1. The Hall–Kier alpha value is -1.89. The Morgan fingerprint density at radius 2 is 2.05 bits per heavy atom. The molecule has 1 heterocycles. The lowest BCUT2D eigenvalue weighted by Crippen LogP contribution is -2.35. The van der Waals surface area contributed by atoms with E-state index in [0.717, 1.165) is 18.7 Å². The molecule has 0 aliphatic rings. The summed E-state index contributed by atoms with van der Waals surface area (Å²) in [7, 11) is 5.27. The normalized spacial score (nSPS) is 10.2. The van der Waals surface area contributed by atoms with Gasteiger partial charge in [-0.15, -0.1) is 0 Å². The zero-order valence-electron chi connectivity index (χ0n) is 12.0. The minimum Gasteiger partial charge on any atom is -0.350 e. The molecule has 0 atom stereocenters. The van der Waals surface area contributed by atoms with E-state index in [2.05, 4.69) is 22.3 Å². The number of hydrogen-bond acceptors (Lipinski definition) is 6. The fourth-order valence-corrected chi connectivity index (χ4v) is 1.51. The smallest absolute Gasteiger partial charge is 0.241 e. The van der Waals surface area contributed by atoms with Crippen molar-refractivity contribution in [2.45, 2.75) is 19.8 Å². The van der Waals surface area contributed by atoms with Gasteiger partial charge in [0.1, 0.15) is 17.5 Å². The molecular weight excluding hydrogens is 244 g/mol. The van der Waals surface area contributed by atoms with Crippen molar-refractivity contribution in [1.82, 2.24) is 14.9 Å². The van der Waals surface area contributed by atoms with Crippen molar-refractivity contribution in [2.75, 3.05) is 38.0 Å². The molecule has 1 amide bonds. The lowest BCUT2D eigenvalue weighted by Gasteiger charge is -2.21. The van der Waals surface area contributed by atoms with E-state index in [9.17, 15) is 4.79 Å². The van der Waals surface area contributed by atoms with Crippen molar-refractivity contribution >= 4 is 17.5 Å². The first kappa shape index (κ1) is 15.2. The van der Waals surface area contributed by atoms with E-state index in [-0.39, 0.29) is 12.5 Å². The molecule has 3 N–H and O–H groups in total. The quantitative estimate of drug-likeness (QED) is 0.566. The first-order valence-corrected chi connectivity index (χ1v) is 6.23. The highest BCUT2D eigenvalue weighted by Crippen LogP contribution is 2.15. The van der Waals surface area contributed by atoms with E-state index in [1.54, 1.807) is 30.0 Å². The minimum absolute atomic E-state index is 0.0143. The Morgan fingerprint density at radius 3 is 2.58 bits per heavy atom. The number of hydrazine groups is 1. The van der Waals surface area contributed by atoms with Gasteiger partial charge in [0.2, 0.25) is 5.91 Å². The van der Waals surface area contributed by atoms with E-state index in [0.29, 0.717) is 11.6 Å². The second kappa shape index (κ2) is 6.89. The van der Waals surface area contributed by atoms with Crippen molar-refractivity contribution in [3.63, 3.8) is 0 Å². The highest BCUT2D eigenvalue weighted by Gasteiger charge is 2.12. The van der Waals surface area contributed by atoms with Crippen LogP contribution in [0.3, 0.4) is 0 Å². The second-order valence-corrected chi connectivity index (χ2v) is 4.57. The molecule has 106 valence electrons. The molecule has 0 saturated heterocycles. The van der Waals surface area contributed by atoms with Gasteiger partial charge in [0, 0.05) is 33.6 Å². The number of carbonyl (C=O) groups is 1. The molecule has 1 aromatic heterocycles. The minimum atomic E-state index is 0.0143. The van der Waals surface area contributed by atoms with E-state index < -0.39 is 0 Å². The summed E-state index contributed by atoms with van der Waals surface area (Å²) >= 11 is 0. The molecule has 0 spiro atoms. The summed E-state index contributed by atoms with van der Waals surface area (Å²) in [5.74, 6) is 7.37. The number of rotatable bonds is 6. The summed E-state index contributed by atoms with van der Waals surface area (Å²) in [6.45, 7) is 2.32. The summed E-state index contributed by atoms with van der Waals surface area (Å²) < 4.78 is 0. The number of amides is 1. The van der Waals surface area contributed by atoms with E-state index >= 15 is 0 Å². The van der Waals surface area contributed by atoms with Crippen LogP contribution in [0.15, 0.2) is 6.07 Å². The van der Waals surface area contributed by atoms with Gasteiger partial charge in [0.05, 0.1) is 6.54 Å². The zero-order chi connectivity index (χ0) is 14.4. The van der Waals surface area contributed by atoms with Crippen molar-refractivity contribution in [3.8, 4) is 0 Å².